The Morgan fingerprint density at radius 1 is 1.34 bits per heavy atom. The van der Waals surface area contributed by atoms with Crippen LogP contribution in [0.5, 0.6) is 0 Å². The van der Waals surface area contributed by atoms with Gasteiger partial charge in [-0.1, -0.05) is 12.1 Å². The minimum atomic E-state index is -4.02. The monoisotopic (exact) mass is 432 g/mol. The molecule has 3 N–H and O–H groups in total. The van der Waals surface area contributed by atoms with Crippen LogP contribution in [0.4, 0.5) is 4.39 Å². The van der Waals surface area contributed by atoms with Crippen LogP contribution in [0.3, 0.4) is 0 Å². The molecular formula is C18H25FN2O7S. The molecule has 9 nitrogen and oxygen atoms in total. The lowest BCUT2D eigenvalue weighted by Gasteiger charge is -2.41. The number of piperidine rings is 1. The fourth-order valence-corrected chi connectivity index (χ4v) is 5.87. The molecular weight excluding hydrogens is 407 g/mol. The van der Waals surface area contributed by atoms with Crippen molar-refractivity contribution < 1.29 is 37.4 Å². The summed E-state index contributed by atoms with van der Waals surface area (Å²) in [5.41, 5.74) is -0.343. The molecule has 0 aliphatic carbocycles. The molecule has 0 saturated carbocycles. The van der Waals surface area contributed by atoms with Gasteiger partial charge in [0.25, 0.3) is 5.91 Å². The van der Waals surface area contributed by atoms with Gasteiger partial charge in [-0.15, -0.1) is 0 Å². The topological polar surface area (TPSA) is 125 Å². The van der Waals surface area contributed by atoms with Gasteiger partial charge in [-0.25, -0.2) is 22.6 Å². The predicted molar refractivity (Wildman–Crippen MR) is 98.8 cm³/mol. The van der Waals surface area contributed by atoms with Gasteiger partial charge in [0.2, 0.25) is 10.0 Å². The van der Waals surface area contributed by atoms with Crippen molar-refractivity contribution in [3.8, 4) is 0 Å². The normalized spacial score (nSPS) is 26.9. The van der Waals surface area contributed by atoms with Crippen molar-refractivity contribution in [2.45, 2.75) is 42.8 Å². The average molecular weight is 432 g/mol. The molecule has 11 heteroatoms. The van der Waals surface area contributed by atoms with Crippen LogP contribution in [0.25, 0.3) is 0 Å². The molecule has 162 valence electrons. The van der Waals surface area contributed by atoms with Gasteiger partial charge in [0.15, 0.2) is 5.60 Å². The van der Waals surface area contributed by atoms with Gasteiger partial charge in [0.05, 0.1) is 19.3 Å². The van der Waals surface area contributed by atoms with Crippen molar-refractivity contribution in [1.29, 1.82) is 0 Å². The smallest absolute Gasteiger partial charge is 0.279 e. The Labute approximate surface area is 168 Å². The Morgan fingerprint density at radius 2 is 2.07 bits per heavy atom. The van der Waals surface area contributed by atoms with E-state index in [0.717, 1.165) is 0 Å². The molecule has 2 atom stereocenters. The molecule has 1 amide bonds. The molecule has 2 saturated heterocycles. The third-order valence-corrected chi connectivity index (χ3v) is 7.80. The van der Waals surface area contributed by atoms with E-state index in [-0.39, 0.29) is 44.6 Å². The minimum absolute atomic E-state index is 0.0672. The van der Waals surface area contributed by atoms with Gasteiger partial charge in [0, 0.05) is 19.7 Å². The molecule has 3 rings (SSSR count). The first-order chi connectivity index (χ1) is 13.8. The van der Waals surface area contributed by atoms with E-state index < -0.39 is 33.4 Å². The van der Waals surface area contributed by atoms with E-state index in [2.05, 4.69) is 0 Å². The van der Waals surface area contributed by atoms with E-state index in [4.69, 9.17) is 14.7 Å². The van der Waals surface area contributed by atoms with Gasteiger partial charge in [0.1, 0.15) is 11.1 Å². The van der Waals surface area contributed by atoms with E-state index in [1.807, 2.05) is 0 Å². The van der Waals surface area contributed by atoms with Crippen LogP contribution in [0, 0.1) is 5.82 Å². The zero-order valence-corrected chi connectivity index (χ0v) is 16.6. The van der Waals surface area contributed by atoms with Crippen molar-refractivity contribution >= 4 is 15.9 Å². The van der Waals surface area contributed by atoms with Gasteiger partial charge in [-0.05, 0) is 37.0 Å². The molecule has 0 bridgehead atoms. The molecule has 1 aromatic rings. The number of sulfonamides is 1. The zero-order chi connectivity index (χ0) is 21.1. The first-order valence-corrected chi connectivity index (χ1v) is 10.9. The highest BCUT2D eigenvalue weighted by atomic mass is 32.2. The number of amides is 1. The maximum atomic E-state index is 13.2. The number of halogens is 1. The number of benzene rings is 1. The quantitative estimate of drug-likeness (QED) is 0.432. The highest BCUT2D eigenvalue weighted by Crippen LogP contribution is 2.31. The minimum Gasteiger partial charge on any atom is -0.378 e. The highest BCUT2D eigenvalue weighted by Gasteiger charge is 2.54. The number of nitrogens with zero attached hydrogens (tertiary/aromatic N) is 1. The van der Waals surface area contributed by atoms with Crippen molar-refractivity contribution in [3.63, 3.8) is 0 Å². The maximum absolute atomic E-state index is 13.2. The molecule has 29 heavy (non-hydrogen) atoms. The third kappa shape index (κ3) is 4.76. The summed E-state index contributed by atoms with van der Waals surface area (Å²) >= 11 is 0. The Hall–Kier alpha value is -1.63. The van der Waals surface area contributed by atoms with Crippen molar-refractivity contribution in [2.75, 3.05) is 26.3 Å². The van der Waals surface area contributed by atoms with Crippen molar-refractivity contribution in [3.05, 3.63) is 35.6 Å². The van der Waals surface area contributed by atoms with Gasteiger partial charge in [-0.2, -0.15) is 0 Å². The Balaban J connectivity index is 1.61. The molecule has 2 aliphatic rings. The summed E-state index contributed by atoms with van der Waals surface area (Å²) in [7, 11) is -4.02. The number of nitrogens with one attached hydrogen (secondary N) is 1. The maximum Gasteiger partial charge on any atom is 0.279 e. The third-order valence-electron chi connectivity index (χ3n) is 5.37. The second-order valence-electron chi connectivity index (χ2n) is 7.28. The van der Waals surface area contributed by atoms with E-state index in [1.54, 1.807) is 12.1 Å². The molecule has 2 unspecified atom stereocenters. The number of hydrogen-bond donors (Lipinski definition) is 3. The summed E-state index contributed by atoms with van der Waals surface area (Å²) in [5, 5.41) is 18.1. The summed E-state index contributed by atoms with van der Waals surface area (Å²) in [6.45, 7) is 0.134. The molecule has 2 aliphatic heterocycles. The summed E-state index contributed by atoms with van der Waals surface area (Å²) in [6, 6.07) is 6.08. The predicted octanol–water partition coefficient (Wildman–Crippen LogP) is 0.162. The Bertz CT molecular complexity index is 829. The van der Waals surface area contributed by atoms with Crippen LogP contribution in [-0.2, 0) is 30.9 Å². The summed E-state index contributed by atoms with van der Waals surface area (Å²) in [6.07, 6.45) is 0.617. The number of carbonyl (C=O) groups is 1. The fourth-order valence-electron chi connectivity index (χ4n) is 3.73. The lowest BCUT2D eigenvalue weighted by atomic mass is 9.95. The number of hydrogen-bond acceptors (Lipinski definition) is 7. The van der Waals surface area contributed by atoms with Gasteiger partial charge >= 0.3 is 0 Å². The van der Waals surface area contributed by atoms with Gasteiger partial charge in [-0.3, -0.25) is 10.0 Å². The standard InChI is InChI=1S/C18H25FN2O7S/c19-14-3-1-2-13(10-14)11-28-15-4-7-21(8-5-15)29(25,26)16-6-9-27-12-18(16,23)17(22)20-24/h1-3,10,15-16,23-24H,4-9,11-12H2,(H,20,22). The number of hydroxylamine groups is 1. The average Bonchev–Trinajstić information content (AvgIpc) is 2.72. The number of rotatable bonds is 6. The van der Waals surface area contributed by atoms with E-state index in [1.165, 1.54) is 21.9 Å². The van der Waals surface area contributed by atoms with Crippen LogP contribution in [0.15, 0.2) is 24.3 Å². The Morgan fingerprint density at radius 3 is 2.72 bits per heavy atom. The number of ether oxygens (including phenoxy) is 2. The zero-order valence-electron chi connectivity index (χ0n) is 15.8. The summed E-state index contributed by atoms with van der Waals surface area (Å²) in [4.78, 5) is 11.9. The highest BCUT2D eigenvalue weighted by molar-refractivity contribution is 7.89. The second kappa shape index (κ2) is 9.02. The molecule has 0 aromatic heterocycles. The van der Waals surface area contributed by atoms with E-state index >= 15 is 0 Å². The SMILES string of the molecule is O=C(NO)C1(O)COCCC1S(=O)(=O)N1CCC(OCc2cccc(F)c2)CC1. The fraction of sp³-hybridized carbons (Fsp3) is 0.611. The van der Waals surface area contributed by atoms with Crippen LogP contribution >= 0.6 is 0 Å². The van der Waals surface area contributed by atoms with Crippen molar-refractivity contribution in [2.24, 2.45) is 0 Å². The number of aliphatic hydroxyl groups is 1. The van der Waals surface area contributed by atoms with Crippen LogP contribution in [0.1, 0.15) is 24.8 Å². The van der Waals surface area contributed by atoms with Crippen LogP contribution in [-0.4, -0.2) is 72.2 Å². The Kier molecular flexibility index (Phi) is 6.87. The molecule has 0 radical (unpaired) electrons. The lowest BCUT2D eigenvalue weighted by molar-refractivity contribution is -0.161. The largest absolute Gasteiger partial charge is 0.378 e. The van der Waals surface area contributed by atoms with Gasteiger partial charge < -0.3 is 14.6 Å². The molecule has 2 fully saturated rings. The first-order valence-electron chi connectivity index (χ1n) is 9.37. The van der Waals surface area contributed by atoms with E-state index in [0.29, 0.717) is 18.4 Å². The van der Waals surface area contributed by atoms with Crippen LogP contribution in [0.2, 0.25) is 0 Å². The van der Waals surface area contributed by atoms with Crippen molar-refractivity contribution in [1.82, 2.24) is 9.79 Å². The first kappa shape index (κ1) is 22.1. The molecule has 1 aromatic carbocycles. The van der Waals surface area contributed by atoms with E-state index in [9.17, 15) is 22.7 Å². The van der Waals surface area contributed by atoms with Crippen LogP contribution < -0.4 is 5.48 Å². The second-order valence-corrected chi connectivity index (χ2v) is 9.39. The summed E-state index contributed by atoms with van der Waals surface area (Å²) < 4.78 is 51.4. The number of carbonyl (C=O) groups excluding carboxylic acids is 1. The molecule has 0 spiro atoms. The summed E-state index contributed by atoms with van der Waals surface area (Å²) in [5.74, 6) is -1.55. The molecule has 2 heterocycles. The lowest BCUT2D eigenvalue weighted by Crippen LogP contribution is -2.64.